The van der Waals surface area contributed by atoms with Gasteiger partial charge in [-0.2, -0.15) is 26.3 Å². The van der Waals surface area contributed by atoms with E-state index in [0.29, 0.717) is 11.1 Å². The summed E-state index contributed by atoms with van der Waals surface area (Å²) in [6.07, 6.45) is -3.00. The van der Waals surface area contributed by atoms with Gasteiger partial charge in [-0.05, 0) is 36.1 Å². The Balaban J connectivity index is 2.46. The first-order valence-corrected chi connectivity index (χ1v) is 6.94. The van der Waals surface area contributed by atoms with E-state index in [2.05, 4.69) is 0 Å². The maximum absolute atomic E-state index is 13.0. The molecule has 0 aliphatic heterocycles. The summed E-state index contributed by atoms with van der Waals surface area (Å²) in [5.41, 5.74) is 5.97. The Morgan fingerprint density at radius 3 is 1.21 bits per heavy atom. The minimum atomic E-state index is -4.67. The summed E-state index contributed by atoms with van der Waals surface area (Å²) in [4.78, 5) is 0. The van der Waals surface area contributed by atoms with Crippen LogP contribution >= 0.6 is 0 Å². The average molecular weight is 350 g/mol. The van der Waals surface area contributed by atoms with Crippen molar-refractivity contribution < 1.29 is 26.3 Å². The van der Waals surface area contributed by atoms with Gasteiger partial charge in [0.05, 0.1) is 0 Å². The first-order valence-electron chi connectivity index (χ1n) is 6.94. The Hall–Kier alpha value is -1.80. The Morgan fingerprint density at radius 2 is 1.00 bits per heavy atom. The van der Waals surface area contributed by atoms with E-state index in [4.69, 9.17) is 11.5 Å². The Bertz CT molecular complexity index is 645. The van der Waals surface area contributed by atoms with Gasteiger partial charge in [-0.15, -0.1) is 0 Å². The summed E-state index contributed by atoms with van der Waals surface area (Å²) in [5.74, 6) is 0. The number of hydrogen-bond acceptors (Lipinski definition) is 2. The van der Waals surface area contributed by atoms with Crippen LogP contribution in [0.2, 0.25) is 0 Å². The molecule has 0 aromatic heterocycles. The van der Waals surface area contributed by atoms with E-state index >= 15 is 0 Å². The molecule has 2 aliphatic carbocycles. The molecule has 0 aromatic carbocycles. The standard InChI is InChI=1S/C16H16F6N2/c1-9-7-11(3-5-13(9,23)15(17,18)19)12-4-6-14(24,10(2)8-12)16(20,21)22/h3-8H,23-24H2,1-2H3. The van der Waals surface area contributed by atoms with Gasteiger partial charge < -0.3 is 11.5 Å². The van der Waals surface area contributed by atoms with Gasteiger partial charge in [-0.1, -0.05) is 36.5 Å². The van der Waals surface area contributed by atoms with Gasteiger partial charge in [0.25, 0.3) is 0 Å². The minimum absolute atomic E-state index is 0.153. The second-order valence-electron chi connectivity index (χ2n) is 5.97. The van der Waals surface area contributed by atoms with Crippen molar-refractivity contribution >= 4 is 0 Å². The smallest absolute Gasteiger partial charge is 0.311 e. The van der Waals surface area contributed by atoms with E-state index in [1.165, 1.54) is 26.0 Å². The molecule has 2 unspecified atom stereocenters. The van der Waals surface area contributed by atoms with Gasteiger partial charge >= 0.3 is 12.4 Å². The second-order valence-corrected chi connectivity index (χ2v) is 5.97. The maximum Gasteiger partial charge on any atom is 0.413 e. The fourth-order valence-corrected chi connectivity index (χ4v) is 2.50. The molecule has 0 spiro atoms. The maximum atomic E-state index is 13.0. The van der Waals surface area contributed by atoms with Crippen LogP contribution in [-0.2, 0) is 0 Å². The third-order valence-corrected chi connectivity index (χ3v) is 4.37. The molecule has 8 heteroatoms. The lowest BCUT2D eigenvalue weighted by Crippen LogP contribution is -2.53. The van der Waals surface area contributed by atoms with Crippen molar-refractivity contribution in [3.8, 4) is 0 Å². The van der Waals surface area contributed by atoms with Crippen LogP contribution in [0, 0.1) is 0 Å². The number of nitrogens with two attached hydrogens (primary N) is 2. The van der Waals surface area contributed by atoms with Crippen LogP contribution < -0.4 is 11.5 Å². The highest BCUT2D eigenvalue weighted by molar-refractivity contribution is 5.57. The van der Waals surface area contributed by atoms with Crippen LogP contribution in [0.1, 0.15) is 13.8 Å². The van der Waals surface area contributed by atoms with Crippen LogP contribution in [0.15, 0.2) is 58.7 Å². The van der Waals surface area contributed by atoms with Crippen LogP contribution in [0.4, 0.5) is 26.3 Å². The van der Waals surface area contributed by atoms with E-state index in [-0.39, 0.29) is 11.1 Å². The number of rotatable bonds is 0. The van der Waals surface area contributed by atoms with Gasteiger partial charge in [0, 0.05) is 0 Å². The predicted molar refractivity (Wildman–Crippen MR) is 78.8 cm³/mol. The number of alkyl halides is 6. The molecular formula is C16H16F6N2. The highest BCUT2D eigenvalue weighted by atomic mass is 19.4. The predicted octanol–water partition coefficient (Wildman–Crippen LogP) is 3.83. The zero-order valence-corrected chi connectivity index (χ0v) is 12.9. The lowest BCUT2D eigenvalue weighted by atomic mass is 9.80. The Kier molecular flexibility index (Phi) is 4.13. The summed E-state index contributed by atoms with van der Waals surface area (Å²) < 4.78 is 78.2. The van der Waals surface area contributed by atoms with Gasteiger partial charge in [-0.25, -0.2) is 0 Å². The molecule has 2 rings (SSSR count). The molecule has 0 saturated carbocycles. The molecule has 0 amide bonds. The number of hydrogen-bond donors (Lipinski definition) is 2. The fraction of sp³-hybridized carbons (Fsp3) is 0.375. The van der Waals surface area contributed by atoms with Gasteiger partial charge in [0.2, 0.25) is 0 Å². The molecular weight excluding hydrogens is 334 g/mol. The van der Waals surface area contributed by atoms with E-state index < -0.39 is 23.4 Å². The topological polar surface area (TPSA) is 52.0 Å². The summed E-state index contributed by atoms with van der Waals surface area (Å²) in [7, 11) is 0. The van der Waals surface area contributed by atoms with Crippen molar-refractivity contribution in [2.45, 2.75) is 37.3 Å². The largest absolute Gasteiger partial charge is 0.413 e. The van der Waals surface area contributed by atoms with Crippen molar-refractivity contribution in [3.05, 3.63) is 58.7 Å². The van der Waals surface area contributed by atoms with E-state index in [1.807, 2.05) is 0 Å². The Labute approximate surface area is 134 Å². The molecule has 0 aromatic rings. The highest BCUT2D eigenvalue weighted by Gasteiger charge is 2.53. The number of halogens is 6. The minimum Gasteiger partial charge on any atom is -0.311 e. The monoisotopic (exact) mass is 350 g/mol. The first-order chi connectivity index (χ1) is 10.7. The molecule has 24 heavy (non-hydrogen) atoms. The molecule has 0 radical (unpaired) electrons. The summed E-state index contributed by atoms with van der Waals surface area (Å²) in [5, 5.41) is 0. The second kappa shape index (κ2) is 5.35. The first kappa shape index (κ1) is 18.5. The van der Waals surface area contributed by atoms with Crippen molar-refractivity contribution in [1.82, 2.24) is 0 Å². The molecule has 0 bridgehead atoms. The molecule has 132 valence electrons. The summed E-state index contributed by atoms with van der Waals surface area (Å²) in [6.45, 7) is 2.45. The molecule has 4 N–H and O–H groups in total. The van der Waals surface area contributed by atoms with E-state index in [9.17, 15) is 26.3 Å². The molecule has 0 fully saturated rings. The average Bonchev–Trinajstić information content (AvgIpc) is 2.42. The van der Waals surface area contributed by atoms with E-state index in [1.54, 1.807) is 0 Å². The van der Waals surface area contributed by atoms with Gasteiger partial charge in [-0.3, -0.25) is 0 Å². The molecule has 2 aliphatic rings. The Morgan fingerprint density at radius 1 is 0.708 bits per heavy atom. The van der Waals surface area contributed by atoms with Crippen molar-refractivity contribution in [1.29, 1.82) is 0 Å². The number of allylic oxidation sites excluding steroid dienone is 6. The van der Waals surface area contributed by atoms with Crippen LogP contribution in [0.5, 0.6) is 0 Å². The fourth-order valence-electron chi connectivity index (χ4n) is 2.50. The van der Waals surface area contributed by atoms with Crippen molar-refractivity contribution in [2.24, 2.45) is 11.5 Å². The van der Waals surface area contributed by atoms with Crippen LogP contribution in [-0.4, -0.2) is 23.4 Å². The molecule has 2 atom stereocenters. The van der Waals surface area contributed by atoms with Crippen LogP contribution in [0.25, 0.3) is 0 Å². The normalized spacial score (nSPS) is 34.2. The lowest BCUT2D eigenvalue weighted by Gasteiger charge is -2.34. The lowest BCUT2D eigenvalue weighted by molar-refractivity contribution is -0.162. The molecule has 2 nitrogen and oxygen atoms in total. The molecule has 0 saturated heterocycles. The highest BCUT2D eigenvalue weighted by Crippen LogP contribution is 2.41. The van der Waals surface area contributed by atoms with Crippen LogP contribution in [0.3, 0.4) is 0 Å². The quantitative estimate of drug-likeness (QED) is 0.653. The van der Waals surface area contributed by atoms with Crippen molar-refractivity contribution in [3.63, 3.8) is 0 Å². The third kappa shape index (κ3) is 2.73. The van der Waals surface area contributed by atoms with Crippen molar-refractivity contribution in [2.75, 3.05) is 0 Å². The third-order valence-electron chi connectivity index (χ3n) is 4.37. The zero-order chi connectivity index (χ0) is 18.6. The SMILES string of the molecule is CC1=CC(=C2C=CC(N)(C(F)(F)F)C(C)=C2)C=CC1(N)C(F)(F)F. The molecule has 0 heterocycles. The summed E-state index contributed by atoms with van der Waals surface area (Å²) in [6, 6.07) is 0. The summed E-state index contributed by atoms with van der Waals surface area (Å²) >= 11 is 0. The zero-order valence-electron chi connectivity index (χ0n) is 12.9. The van der Waals surface area contributed by atoms with E-state index in [0.717, 1.165) is 24.3 Å². The van der Waals surface area contributed by atoms with Gasteiger partial charge in [0.1, 0.15) is 0 Å². The van der Waals surface area contributed by atoms with Gasteiger partial charge in [0.15, 0.2) is 11.1 Å².